The maximum atomic E-state index is 12.3. The normalized spacial score (nSPS) is 10.4. The van der Waals surface area contributed by atoms with Gasteiger partial charge in [-0.2, -0.15) is 0 Å². The third-order valence-electron chi connectivity index (χ3n) is 2.88. The van der Waals surface area contributed by atoms with E-state index in [0.717, 1.165) is 17.7 Å². The molecule has 0 amide bonds. The van der Waals surface area contributed by atoms with Crippen LogP contribution in [0.5, 0.6) is 5.75 Å². The van der Waals surface area contributed by atoms with Crippen molar-refractivity contribution in [3.8, 4) is 5.75 Å². The van der Waals surface area contributed by atoms with E-state index in [0.29, 0.717) is 18.7 Å². The Labute approximate surface area is 112 Å². The first-order valence-corrected chi connectivity index (χ1v) is 6.29. The summed E-state index contributed by atoms with van der Waals surface area (Å²) in [6, 6.07) is 7.53. The van der Waals surface area contributed by atoms with Gasteiger partial charge >= 0.3 is 0 Å². The fraction of sp³-hybridized carbons (Fsp3) is 0.357. The zero-order valence-electron chi connectivity index (χ0n) is 11.2. The molecule has 1 aromatic carbocycles. The summed E-state index contributed by atoms with van der Waals surface area (Å²) >= 11 is 0. The van der Waals surface area contributed by atoms with Crippen LogP contribution < -0.4 is 4.74 Å². The van der Waals surface area contributed by atoms with Gasteiger partial charge in [0.05, 0.1) is 13.3 Å². The lowest BCUT2D eigenvalue weighted by atomic mass is 10.1. The maximum absolute atomic E-state index is 12.3. The topological polar surface area (TPSA) is 57.0 Å². The van der Waals surface area contributed by atoms with Gasteiger partial charge in [-0.25, -0.2) is 4.68 Å². The monoisotopic (exact) mass is 259 g/mol. The van der Waals surface area contributed by atoms with Gasteiger partial charge in [-0.15, -0.1) is 5.10 Å². The van der Waals surface area contributed by atoms with Crippen LogP contribution >= 0.6 is 0 Å². The standard InChI is InChI=1S/C14H17N3O2/c1-3-8-17-12(10-15-16-17)13(18)9-11-6-4-5-7-14(11)19-2/h4-7,10H,3,8-9H2,1-2H3. The van der Waals surface area contributed by atoms with E-state index in [4.69, 9.17) is 4.74 Å². The number of ether oxygens (including phenoxy) is 1. The minimum atomic E-state index is 0.00273. The highest BCUT2D eigenvalue weighted by atomic mass is 16.5. The van der Waals surface area contributed by atoms with Crippen LogP contribution in [-0.2, 0) is 13.0 Å². The molecular weight excluding hydrogens is 242 g/mol. The van der Waals surface area contributed by atoms with Gasteiger partial charge < -0.3 is 4.74 Å². The summed E-state index contributed by atoms with van der Waals surface area (Å²) < 4.78 is 6.90. The summed E-state index contributed by atoms with van der Waals surface area (Å²) in [5, 5.41) is 7.73. The summed E-state index contributed by atoms with van der Waals surface area (Å²) in [5.41, 5.74) is 1.42. The fourth-order valence-electron chi connectivity index (χ4n) is 1.96. The fourth-order valence-corrected chi connectivity index (χ4v) is 1.96. The van der Waals surface area contributed by atoms with Gasteiger partial charge in [0.15, 0.2) is 5.78 Å². The lowest BCUT2D eigenvalue weighted by Gasteiger charge is -2.08. The van der Waals surface area contributed by atoms with Crippen LogP contribution in [0.4, 0.5) is 0 Å². The van der Waals surface area contributed by atoms with Crippen molar-refractivity contribution in [3.05, 3.63) is 41.7 Å². The molecule has 0 unspecified atom stereocenters. The van der Waals surface area contributed by atoms with E-state index in [1.54, 1.807) is 11.8 Å². The van der Waals surface area contributed by atoms with Crippen molar-refractivity contribution >= 4 is 5.78 Å². The molecule has 0 aliphatic rings. The average Bonchev–Trinajstić information content (AvgIpc) is 2.88. The molecular formula is C14H17N3O2. The third kappa shape index (κ3) is 2.99. The number of benzene rings is 1. The van der Waals surface area contributed by atoms with E-state index >= 15 is 0 Å². The number of methoxy groups -OCH3 is 1. The first kappa shape index (κ1) is 13.3. The molecule has 0 radical (unpaired) electrons. The molecule has 5 nitrogen and oxygen atoms in total. The molecule has 1 aromatic heterocycles. The predicted molar refractivity (Wildman–Crippen MR) is 71.3 cm³/mol. The Balaban J connectivity index is 2.18. The zero-order valence-corrected chi connectivity index (χ0v) is 11.2. The Kier molecular flexibility index (Phi) is 4.28. The molecule has 0 saturated heterocycles. The number of carbonyl (C=O) groups is 1. The van der Waals surface area contributed by atoms with Crippen LogP contribution in [0, 0.1) is 0 Å². The highest BCUT2D eigenvalue weighted by molar-refractivity contribution is 5.96. The molecule has 0 spiro atoms. The second kappa shape index (κ2) is 6.13. The molecule has 0 atom stereocenters. The highest BCUT2D eigenvalue weighted by Crippen LogP contribution is 2.19. The molecule has 0 fully saturated rings. The Hall–Kier alpha value is -2.17. The second-order valence-corrected chi connectivity index (χ2v) is 4.25. The number of aryl methyl sites for hydroxylation is 1. The molecule has 0 N–H and O–H groups in total. The Morgan fingerprint density at radius 3 is 2.89 bits per heavy atom. The third-order valence-corrected chi connectivity index (χ3v) is 2.88. The largest absolute Gasteiger partial charge is 0.496 e. The summed E-state index contributed by atoms with van der Waals surface area (Å²) in [7, 11) is 1.60. The van der Waals surface area contributed by atoms with Crippen molar-refractivity contribution in [2.24, 2.45) is 0 Å². The SMILES string of the molecule is CCCn1nncc1C(=O)Cc1ccccc1OC. The molecule has 100 valence electrons. The van der Waals surface area contributed by atoms with Gasteiger partial charge in [0.2, 0.25) is 0 Å². The number of aromatic nitrogens is 3. The smallest absolute Gasteiger partial charge is 0.187 e. The summed E-state index contributed by atoms with van der Waals surface area (Å²) in [4.78, 5) is 12.3. The number of carbonyl (C=O) groups excluding carboxylic acids is 1. The van der Waals surface area contributed by atoms with E-state index in [1.807, 2.05) is 31.2 Å². The van der Waals surface area contributed by atoms with E-state index < -0.39 is 0 Å². The average molecular weight is 259 g/mol. The van der Waals surface area contributed by atoms with Gasteiger partial charge in [-0.1, -0.05) is 30.3 Å². The number of hydrogen-bond donors (Lipinski definition) is 0. The maximum Gasteiger partial charge on any atom is 0.187 e. The lowest BCUT2D eigenvalue weighted by molar-refractivity contribution is 0.0981. The number of ketones is 1. The van der Waals surface area contributed by atoms with Crippen LogP contribution in [0.2, 0.25) is 0 Å². The zero-order chi connectivity index (χ0) is 13.7. The molecule has 0 aliphatic heterocycles. The van der Waals surface area contributed by atoms with Crippen molar-refractivity contribution in [1.29, 1.82) is 0 Å². The van der Waals surface area contributed by atoms with Gasteiger partial charge in [0.25, 0.3) is 0 Å². The minimum Gasteiger partial charge on any atom is -0.496 e. The van der Waals surface area contributed by atoms with Gasteiger partial charge in [0, 0.05) is 18.5 Å². The Bertz CT molecular complexity index is 563. The van der Waals surface area contributed by atoms with E-state index in [2.05, 4.69) is 10.3 Å². The van der Waals surface area contributed by atoms with Gasteiger partial charge in [-0.3, -0.25) is 4.79 Å². The van der Waals surface area contributed by atoms with Crippen LogP contribution in [0.25, 0.3) is 0 Å². The minimum absolute atomic E-state index is 0.00273. The number of rotatable bonds is 6. The van der Waals surface area contributed by atoms with Crippen LogP contribution in [-0.4, -0.2) is 27.9 Å². The van der Waals surface area contributed by atoms with Crippen LogP contribution in [0.15, 0.2) is 30.5 Å². The second-order valence-electron chi connectivity index (χ2n) is 4.25. The predicted octanol–water partition coefficient (Wildman–Crippen LogP) is 2.12. The van der Waals surface area contributed by atoms with E-state index in [9.17, 15) is 4.79 Å². The van der Waals surface area contributed by atoms with Crippen LogP contribution in [0.1, 0.15) is 29.4 Å². The molecule has 2 aromatic rings. The van der Waals surface area contributed by atoms with Crippen molar-refractivity contribution in [2.45, 2.75) is 26.3 Å². The number of nitrogens with zero attached hydrogens (tertiary/aromatic N) is 3. The number of hydrogen-bond acceptors (Lipinski definition) is 4. The first-order chi connectivity index (χ1) is 9.26. The Morgan fingerprint density at radius 2 is 2.16 bits per heavy atom. The van der Waals surface area contributed by atoms with Crippen molar-refractivity contribution in [2.75, 3.05) is 7.11 Å². The highest BCUT2D eigenvalue weighted by Gasteiger charge is 2.15. The Morgan fingerprint density at radius 1 is 1.37 bits per heavy atom. The molecule has 1 heterocycles. The van der Waals surface area contributed by atoms with Gasteiger partial charge in [0.1, 0.15) is 11.4 Å². The van der Waals surface area contributed by atoms with E-state index in [1.165, 1.54) is 6.20 Å². The lowest BCUT2D eigenvalue weighted by Crippen LogP contribution is -2.13. The molecule has 0 aliphatic carbocycles. The summed E-state index contributed by atoms with van der Waals surface area (Å²) in [6.45, 7) is 2.74. The van der Waals surface area contributed by atoms with E-state index in [-0.39, 0.29) is 5.78 Å². The van der Waals surface area contributed by atoms with Crippen molar-refractivity contribution in [3.63, 3.8) is 0 Å². The molecule has 0 saturated carbocycles. The van der Waals surface area contributed by atoms with Gasteiger partial charge in [-0.05, 0) is 12.5 Å². The first-order valence-electron chi connectivity index (χ1n) is 6.29. The number of Topliss-reactive ketones (excluding diaryl/α,β-unsaturated/α-hetero) is 1. The number of para-hydroxylation sites is 1. The van der Waals surface area contributed by atoms with Crippen LogP contribution in [0.3, 0.4) is 0 Å². The quantitative estimate of drug-likeness (QED) is 0.746. The van der Waals surface area contributed by atoms with Crippen molar-refractivity contribution in [1.82, 2.24) is 15.0 Å². The molecule has 0 bridgehead atoms. The molecule has 5 heteroatoms. The molecule has 19 heavy (non-hydrogen) atoms. The summed E-state index contributed by atoms with van der Waals surface area (Å²) in [6.07, 6.45) is 2.73. The molecule has 2 rings (SSSR count). The van der Waals surface area contributed by atoms with Crippen molar-refractivity contribution < 1.29 is 9.53 Å². The summed E-state index contributed by atoms with van der Waals surface area (Å²) in [5.74, 6) is 0.730.